The van der Waals surface area contributed by atoms with Crippen LogP contribution in [0.25, 0.3) is 0 Å². The molecule has 1 rings (SSSR count). The Kier molecular flexibility index (Phi) is 8.50. The van der Waals surface area contributed by atoms with E-state index in [0.29, 0.717) is 12.2 Å². The molecule has 0 fully saturated rings. The van der Waals surface area contributed by atoms with Crippen molar-refractivity contribution in [2.75, 3.05) is 17.3 Å². The van der Waals surface area contributed by atoms with Gasteiger partial charge in [0.15, 0.2) is 0 Å². The average Bonchev–Trinajstić information content (AvgIpc) is 2.53. The van der Waals surface area contributed by atoms with Crippen molar-refractivity contribution in [2.45, 2.75) is 12.5 Å². The summed E-state index contributed by atoms with van der Waals surface area (Å²) >= 11 is 3.66. The van der Waals surface area contributed by atoms with Crippen LogP contribution in [-0.2, 0) is 9.59 Å². The molecule has 8 heteroatoms. The van der Waals surface area contributed by atoms with Gasteiger partial charge in [0.25, 0.3) is 5.91 Å². The zero-order chi connectivity index (χ0) is 17.2. The van der Waals surface area contributed by atoms with Crippen LogP contribution in [0.1, 0.15) is 6.42 Å². The zero-order valence-electron chi connectivity index (χ0n) is 12.4. The number of hydrogen-bond acceptors (Lipinski definition) is 5. The molecule has 1 amide bonds. The lowest BCUT2D eigenvalue weighted by Gasteiger charge is -2.13. The van der Waals surface area contributed by atoms with Gasteiger partial charge >= 0.3 is 5.97 Å². The van der Waals surface area contributed by atoms with E-state index in [9.17, 15) is 9.59 Å². The number of halogens is 1. The molecule has 0 saturated carbocycles. The summed E-state index contributed by atoms with van der Waals surface area (Å²) in [4.78, 5) is 23.1. The van der Waals surface area contributed by atoms with E-state index in [1.807, 2.05) is 30.5 Å². The second-order valence-corrected chi connectivity index (χ2v) is 6.70. The Morgan fingerprint density at radius 3 is 2.61 bits per heavy atom. The molecule has 0 spiro atoms. The molecule has 0 aliphatic rings. The van der Waals surface area contributed by atoms with E-state index in [0.717, 1.165) is 9.26 Å². The number of nitriles is 1. The van der Waals surface area contributed by atoms with Crippen molar-refractivity contribution in [3.8, 4) is 6.07 Å². The summed E-state index contributed by atoms with van der Waals surface area (Å²) in [7, 11) is 0. The molecule has 1 atom stereocenters. The maximum absolute atomic E-state index is 12.0. The fourth-order valence-corrected chi connectivity index (χ4v) is 2.41. The van der Waals surface area contributed by atoms with Crippen LogP contribution in [0.4, 0.5) is 5.69 Å². The first-order valence-electron chi connectivity index (χ1n) is 6.63. The molecular formula is C15H16IN3O3S. The van der Waals surface area contributed by atoms with E-state index in [4.69, 9.17) is 10.4 Å². The van der Waals surface area contributed by atoms with E-state index in [-0.39, 0.29) is 5.57 Å². The molecule has 1 unspecified atom stereocenters. The molecule has 3 N–H and O–H groups in total. The lowest BCUT2D eigenvalue weighted by atomic mass is 10.2. The van der Waals surface area contributed by atoms with E-state index in [1.165, 1.54) is 18.0 Å². The minimum atomic E-state index is -1.12. The standard InChI is InChI=1S/C15H16IN3O3S/c1-23-7-6-13(15(21)22)19-14(20)10(8-17)9-18-12-4-2-11(16)3-5-12/h2-5,9,13,18H,6-7H2,1H3,(H,19,20)(H,21,22)/b10-9-. The van der Waals surface area contributed by atoms with Crippen LogP contribution >= 0.6 is 34.4 Å². The highest BCUT2D eigenvalue weighted by molar-refractivity contribution is 14.1. The maximum Gasteiger partial charge on any atom is 0.326 e. The second-order valence-electron chi connectivity index (χ2n) is 4.47. The Morgan fingerprint density at radius 2 is 2.09 bits per heavy atom. The Balaban J connectivity index is 2.73. The van der Waals surface area contributed by atoms with Gasteiger partial charge in [0, 0.05) is 15.5 Å². The normalized spacial score (nSPS) is 12.1. The number of rotatable bonds is 8. The molecule has 23 heavy (non-hydrogen) atoms. The quantitative estimate of drug-likeness (QED) is 0.323. The number of carbonyl (C=O) groups excluding carboxylic acids is 1. The first-order chi connectivity index (χ1) is 11.0. The number of benzene rings is 1. The number of carboxylic acids is 1. The van der Waals surface area contributed by atoms with Gasteiger partial charge in [-0.25, -0.2) is 4.79 Å². The van der Waals surface area contributed by atoms with Crippen molar-refractivity contribution in [1.29, 1.82) is 5.26 Å². The first kappa shape index (κ1) is 19.3. The number of thioether (sulfide) groups is 1. The van der Waals surface area contributed by atoms with Gasteiger partial charge in [-0.1, -0.05) is 0 Å². The lowest BCUT2D eigenvalue weighted by molar-refractivity contribution is -0.141. The van der Waals surface area contributed by atoms with Crippen LogP contribution in [0.3, 0.4) is 0 Å². The number of nitrogens with one attached hydrogen (secondary N) is 2. The van der Waals surface area contributed by atoms with Crippen molar-refractivity contribution in [3.05, 3.63) is 39.6 Å². The number of hydrogen-bond donors (Lipinski definition) is 3. The Bertz CT molecular complexity index is 626. The average molecular weight is 445 g/mol. The summed E-state index contributed by atoms with van der Waals surface area (Å²) in [6, 6.07) is 8.14. The predicted molar refractivity (Wildman–Crippen MR) is 99.0 cm³/mol. The fourth-order valence-electron chi connectivity index (χ4n) is 1.58. The molecule has 122 valence electrons. The molecule has 0 heterocycles. The monoisotopic (exact) mass is 445 g/mol. The van der Waals surface area contributed by atoms with Gasteiger partial charge in [-0.2, -0.15) is 17.0 Å². The third-order valence-corrected chi connectivity index (χ3v) is 4.17. The van der Waals surface area contributed by atoms with Crippen LogP contribution in [0, 0.1) is 14.9 Å². The van der Waals surface area contributed by atoms with E-state index in [2.05, 4.69) is 33.2 Å². The molecular weight excluding hydrogens is 429 g/mol. The van der Waals surface area contributed by atoms with Gasteiger partial charge in [-0.3, -0.25) is 4.79 Å². The molecule has 6 nitrogen and oxygen atoms in total. The third-order valence-electron chi connectivity index (χ3n) is 2.81. The summed E-state index contributed by atoms with van der Waals surface area (Å²) in [5.74, 6) is -1.22. The molecule has 1 aromatic rings. The van der Waals surface area contributed by atoms with Crippen LogP contribution in [0.2, 0.25) is 0 Å². The zero-order valence-corrected chi connectivity index (χ0v) is 15.3. The molecule has 0 aliphatic carbocycles. The molecule has 1 aromatic carbocycles. The van der Waals surface area contributed by atoms with Crippen LogP contribution < -0.4 is 10.6 Å². The van der Waals surface area contributed by atoms with Crippen molar-refractivity contribution in [3.63, 3.8) is 0 Å². The second kappa shape index (κ2) is 10.1. The molecule has 0 bridgehead atoms. The Hall–Kier alpha value is -1.73. The Morgan fingerprint density at radius 1 is 1.43 bits per heavy atom. The maximum atomic E-state index is 12.0. The van der Waals surface area contributed by atoms with Crippen molar-refractivity contribution in [2.24, 2.45) is 0 Å². The minimum Gasteiger partial charge on any atom is -0.480 e. The van der Waals surface area contributed by atoms with Gasteiger partial charge in [-0.15, -0.1) is 0 Å². The smallest absolute Gasteiger partial charge is 0.326 e. The van der Waals surface area contributed by atoms with Gasteiger partial charge in [0.05, 0.1) is 0 Å². The first-order valence-corrected chi connectivity index (χ1v) is 9.10. The van der Waals surface area contributed by atoms with Gasteiger partial charge in [0.2, 0.25) is 0 Å². The number of amides is 1. The number of anilines is 1. The molecule has 0 aliphatic heterocycles. The number of carbonyl (C=O) groups is 2. The molecule has 0 aromatic heterocycles. The van der Waals surface area contributed by atoms with Gasteiger partial charge in [-0.05, 0) is 65.3 Å². The number of aliphatic carboxylic acids is 1. The summed E-state index contributed by atoms with van der Waals surface area (Å²) in [6.07, 6.45) is 3.42. The summed E-state index contributed by atoms with van der Waals surface area (Å²) in [5, 5.41) is 23.4. The minimum absolute atomic E-state index is 0.182. The molecule has 0 saturated heterocycles. The highest BCUT2D eigenvalue weighted by Crippen LogP contribution is 2.11. The van der Waals surface area contributed by atoms with Crippen LogP contribution in [0.15, 0.2) is 36.0 Å². The number of nitrogens with zero attached hydrogens (tertiary/aromatic N) is 1. The topological polar surface area (TPSA) is 102 Å². The highest BCUT2D eigenvalue weighted by Gasteiger charge is 2.21. The van der Waals surface area contributed by atoms with E-state index in [1.54, 1.807) is 6.07 Å². The largest absolute Gasteiger partial charge is 0.480 e. The lowest BCUT2D eigenvalue weighted by Crippen LogP contribution is -2.41. The Labute approximate surface area is 152 Å². The summed E-state index contributed by atoms with van der Waals surface area (Å²) < 4.78 is 1.06. The molecule has 0 radical (unpaired) electrons. The summed E-state index contributed by atoms with van der Waals surface area (Å²) in [6.45, 7) is 0. The van der Waals surface area contributed by atoms with Crippen LogP contribution in [0.5, 0.6) is 0 Å². The third kappa shape index (κ3) is 6.92. The van der Waals surface area contributed by atoms with Crippen molar-refractivity contribution < 1.29 is 14.7 Å². The highest BCUT2D eigenvalue weighted by atomic mass is 127. The van der Waals surface area contributed by atoms with Crippen molar-refractivity contribution >= 4 is 51.9 Å². The van der Waals surface area contributed by atoms with E-state index < -0.39 is 17.9 Å². The van der Waals surface area contributed by atoms with Gasteiger partial charge < -0.3 is 15.7 Å². The van der Waals surface area contributed by atoms with Crippen LogP contribution in [-0.4, -0.2) is 35.0 Å². The fraction of sp³-hybridized carbons (Fsp3) is 0.267. The predicted octanol–water partition coefficient (Wildman–Crippen LogP) is 2.43. The van der Waals surface area contributed by atoms with E-state index >= 15 is 0 Å². The SMILES string of the molecule is CSCCC(NC(=O)/C(C#N)=C\Nc1ccc(I)cc1)C(=O)O. The number of carboxylic acid groups (broad SMARTS) is 1. The van der Waals surface area contributed by atoms with Gasteiger partial charge in [0.1, 0.15) is 17.7 Å². The summed E-state index contributed by atoms with van der Waals surface area (Å²) in [5.41, 5.74) is 0.544. The van der Waals surface area contributed by atoms with Crippen molar-refractivity contribution in [1.82, 2.24) is 5.32 Å².